The number of rotatable bonds is 5. The number of hydrogen-bond acceptors (Lipinski definition) is 5. The maximum absolute atomic E-state index is 12.6. The molecule has 0 heterocycles. The van der Waals surface area contributed by atoms with Crippen LogP contribution in [0.15, 0.2) is 47.5 Å². The predicted molar refractivity (Wildman–Crippen MR) is 101 cm³/mol. The molecule has 7 heteroatoms. The Morgan fingerprint density at radius 2 is 1.52 bits per heavy atom. The van der Waals surface area contributed by atoms with Gasteiger partial charge in [0, 0.05) is 22.3 Å². The number of benzene rings is 2. The molecule has 0 radical (unpaired) electrons. The molecule has 1 aliphatic carbocycles. The van der Waals surface area contributed by atoms with E-state index >= 15 is 0 Å². The van der Waals surface area contributed by atoms with E-state index in [0.717, 1.165) is 0 Å². The summed E-state index contributed by atoms with van der Waals surface area (Å²) in [6.45, 7) is 0. The maximum Gasteiger partial charge on any atom is 0.334 e. The standard InChI is InChI=1S/C20H14Cl2O5/c1-27-20(26)13-6-5-12(13)18(24)11-2-4-14(17(23)9-11)19(25)10-3-7-15(21)16(22)8-10/h2-4,7-9,23H,5-6H2,1H3. The van der Waals surface area contributed by atoms with Gasteiger partial charge in [-0.15, -0.1) is 0 Å². The van der Waals surface area contributed by atoms with Gasteiger partial charge >= 0.3 is 5.97 Å². The summed E-state index contributed by atoms with van der Waals surface area (Å²) in [7, 11) is 1.25. The zero-order valence-corrected chi connectivity index (χ0v) is 15.7. The number of ether oxygens (including phenoxy) is 1. The van der Waals surface area contributed by atoms with E-state index in [0.29, 0.717) is 29.0 Å². The summed E-state index contributed by atoms with van der Waals surface area (Å²) in [6, 6.07) is 8.41. The Morgan fingerprint density at radius 1 is 0.889 bits per heavy atom. The largest absolute Gasteiger partial charge is 0.507 e. The van der Waals surface area contributed by atoms with E-state index in [4.69, 9.17) is 23.2 Å². The molecule has 0 unspecified atom stereocenters. The zero-order valence-electron chi connectivity index (χ0n) is 14.2. The van der Waals surface area contributed by atoms with Crippen LogP contribution in [0.25, 0.3) is 0 Å². The van der Waals surface area contributed by atoms with E-state index in [9.17, 15) is 19.5 Å². The first-order chi connectivity index (χ1) is 12.8. The predicted octanol–water partition coefficient (Wildman–Crippen LogP) is 4.38. The molecule has 27 heavy (non-hydrogen) atoms. The van der Waals surface area contributed by atoms with Gasteiger partial charge in [0.2, 0.25) is 0 Å². The van der Waals surface area contributed by atoms with Crippen LogP contribution >= 0.6 is 23.2 Å². The van der Waals surface area contributed by atoms with Crippen LogP contribution in [0.2, 0.25) is 10.0 Å². The maximum atomic E-state index is 12.6. The van der Waals surface area contributed by atoms with Gasteiger partial charge < -0.3 is 9.84 Å². The molecular weight excluding hydrogens is 391 g/mol. The Balaban J connectivity index is 1.90. The lowest BCUT2D eigenvalue weighted by Gasteiger charge is -2.20. The molecule has 2 aromatic carbocycles. The number of carbonyl (C=O) groups is 3. The molecule has 0 bridgehead atoms. The van der Waals surface area contributed by atoms with Crippen LogP contribution in [-0.4, -0.2) is 29.8 Å². The molecule has 0 saturated carbocycles. The van der Waals surface area contributed by atoms with E-state index in [-0.39, 0.29) is 33.2 Å². The number of phenolic OH excluding ortho intramolecular Hbond substituents is 1. The van der Waals surface area contributed by atoms with E-state index in [1.54, 1.807) is 0 Å². The lowest BCUT2D eigenvalue weighted by atomic mass is 9.83. The Labute approximate surface area is 165 Å². The minimum atomic E-state index is -0.528. The molecule has 0 aliphatic heterocycles. The molecule has 0 amide bonds. The van der Waals surface area contributed by atoms with Crippen LogP contribution in [0.1, 0.15) is 39.1 Å². The van der Waals surface area contributed by atoms with Crippen molar-refractivity contribution in [3.05, 3.63) is 74.3 Å². The summed E-state index contributed by atoms with van der Waals surface area (Å²) in [5.41, 5.74) is 1.19. The fourth-order valence-electron chi connectivity index (χ4n) is 2.81. The van der Waals surface area contributed by atoms with Crippen molar-refractivity contribution in [2.24, 2.45) is 0 Å². The Morgan fingerprint density at radius 3 is 2.07 bits per heavy atom. The molecule has 0 atom stereocenters. The van der Waals surface area contributed by atoms with Gasteiger partial charge in [-0.3, -0.25) is 9.59 Å². The number of esters is 1. The van der Waals surface area contributed by atoms with Crippen molar-refractivity contribution in [2.75, 3.05) is 7.11 Å². The number of Topliss-reactive ketones (excluding diaryl/α,β-unsaturated/α-hetero) is 1. The smallest absolute Gasteiger partial charge is 0.334 e. The van der Waals surface area contributed by atoms with Gasteiger partial charge in [0.1, 0.15) is 5.75 Å². The molecule has 2 aromatic rings. The third-order valence-corrected chi connectivity index (χ3v) is 5.12. The molecule has 0 saturated heterocycles. The second-order valence-electron chi connectivity index (χ2n) is 5.97. The van der Waals surface area contributed by atoms with E-state index in [1.165, 1.54) is 43.5 Å². The first-order valence-corrected chi connectivity index (χ1v) is 8.77. The van der Waals surface area contributed by atoms with Gasteiger partial charge in [0.15, 0.2) is 11.6 Å². The molecule has 1 aliphatic rings. The fourth-order valence-corrected chi connectivity index (χ4v) is 3.10. The topological polar surface area (TPSA) is 80.7 Å². The lowest BCUT2D eigenvalue weighted by molar-refractivity contribution is -0.136. The fraction of sp³-hybridized carbons (Fsp3) is 0.150. The minimum Gasteiger partial charge on any atom is -0.507 e. The molecule has 0 fully saturated rings. The van der Waals surface area contributed by atoms with Crippen LogP contribution in [0.5, 0.6) is 5.75 Å². The molecule has 138 valence electrons. The average molecular weight is 405 g/mol. The van der Waals surface area contributed by atoms with Gasteiger partial charge in [-0.1, -0.05) is 29.3 Å². The number of allylic oxidation sites excluding steroid dienone is 1. The van der Waals surface area contributed by atoms with Crippen molar-refractivity contribution in [3.63, 3.8) is 0 Å². The number of hydrogen-bond donors (Lipinski definition) is 1. The minimum absolute atomic E-state index is 0.0284. The molecular formula is C20H14Cl2O5. The van der Waals surface area contributed by atoms with E-state index in [2.05, 4.69) is 4.74 Å². The van der Waals surface area contributed by atoms with Crippen LogP contribution in [0.4, 0.5) is 0 Å². The van der Waals surface area contributed by atoms with Gasteiger partial charge in [-0.05, 0) is 43.2 Å². The number of halogens is 2. The number of carbonyl (C=O) groups excluding carboxylic acids is 3. The number of methoxy groups -OCH3 is 1. The summed E-state index contributed by atoms with van der Waals surface area (Å²) in [5.74, 6) is -1.69. The normalized spacial score (nSPS) is 13.1. The number of ketones is 2. The average Bonchev–Trinajstić information content (AvgIpc) is 2.62. The summed E-state index contributed by atoms with van der Waals surface area (Å²) in [5, 5.41) is 10.8. The van der Waals surface area contributed by atoms with Crippen molar-refractivity contribution in [2.45, 2.75) is 12.8 Å². The third kappa shape index (κ3) is 3.61. The van der Waals surface area contributed by atoms with Crippen molar-refractivity contribution in [1.29, 1.82) is 0 Å². The Hall–Kier alpha value is -2.63. The van der Waals surface area contributed by atoms with E-state index < -0.39 is 11.8 Å². The van der Waals surface area contributed by atoms with Crippen LogP contribution < -0.4 is 0 Å². The quantitative estimate of drug-likeness (QED) is 0.590. The van der Waals surface area contributed by atoms with Crippen LogP contribution in [0.3, 0.4) is 0 Å². The molecule has 3 rings (SSSR count). The van der Waals surface area contributed by atoms with Gasteiger partial charge in [-0.2, -0.15) is 0 Å². The van der Waals surface area contributed by atoms with E-state index in [1.807, 2.05) is 0 Å². The highest BCUT2D eigenvalue weighted by Gasteiger charge is 2.30. The molecule has 1 N–H and O–H groups in total. The lowest BCUT2D eigenvalue weighted by Crippen LogP contribution is -2.21. The van der Waals surface area contributed by atoms with Crippen molar-refractivity contribution in [1.82, 2.24) is 0 Å². The van der Waals surface area contributed by atoms with Gasteiger partial charge in [-0.25, -0.2) is 4.79 Å². The number of phenols is 1. The summed E-state index contributed by atoms with van der Waals surface area (Å²) in [4.78, 5) is 36.7. The highest BCUT2D eigenvalue weighted by molar-refractivity contribution is 6.42. The third-order valence-electron chi connectivity index (χ3n) is 4.38. The monoisotopic (exact) mass is 404 g/mol. The SMILES string of the molecule is COC(=O)C1=C(C(=O)c2ccc(C(=O)c3ccc(Cl)c(Cl)c3)c(O)c2)CC1. The highest BCUT2D eigenvalue weighted by Crippen LogP contribution is 2.33. The van der Waals surface area contributed by atoms with Gasteiger partial charge in [0.05, 0.1) is 22.7 Å². The van der Waals surface area contributed by atoms with Crippen LogP contribution in [-0.2, 0) is 9.53 Å². The van der Waals surface area contributed by atoms with Crippen molar-refractivity contribution < 1.29 is 24.2 Å². The number of aromatic hydroxyl groups is 1. The Bertz CT molecular complexity index is 1010. The van der Waals surface area contributed by atoms with Crippen LogP contribution in [0, 0.1) is 0 Å². The molecule has 0 aromatic heterocycles. The zero-order chi connectivity index (χ0) is 19.7. The van der Waals surface area contributed by atoms with Crippen molar-refractivity contribution >= 4 is 40.7 Å². The Kier molecular flexibility index (Phi) is 5.35. The summed E-state index contributed by atoms with van der Waals surface area (Å²) in [6.07, 6.45) is 0.946. The van der Waals surface area contributed by atoms with Crippen molar-refractivity contribution in [3.8, 4) is 5.75 Å². The second kappa shape index (κ2) is 7.55. The highest BCUT2D eigenvalue weighted by atomic mass is 35.5. The summed E-state index contributed by atoms with van der Waals surface area (Å²) >= 11 is 11.8. The van der Waals surface area contributed by atoms with Gasteiger partial charge in [0.25, 0.3) is 0 Å². The molecule has 5 nitrogen and oxygen atoms in total. The summed E-state index contributed by atoms with van der Waals surface area (Å²) < 4.78 is 4.65. The first kappa shape index (κ1) is 19.1. The second-order valence-corrected chi connectivity index (χ2v) is 6.78. The first-order valence-electron chi connectivity index (χ1n) is 8.01. The molecule has 0 spiro atoms.